The van der Waals surface area contributed by atoms with Crippen molar-refractivity contribution in [3.63, 3.8) is 0 Å². The van der Waals surface area contributed by atoms with Crippen molar-refractivity contribution in [2.24, 2.45) is 23.0 Å². The Bertz CT molecular complexity index is 493. The van der Waals surface area contributed by atoms with Crippen molar-refractivity contribution in [1.29, 1.82) is 0 Å². The molecule has 1 aromatic carbocycles. The van der Waals surface area contributed by atoms with Crippen LogP contribution in [0.25, 0.3) is 0 Å². The van der Waals surface area contributed by atoms with Gasteiger partial charge in [0.1, 0.15) is 5.82 Å². The first-order chi connectivity index (χ1) is 8.42. The molecule has 0 bridgehead atoms. The van der Waals surface area contributed by atoms with E-state index in [-0.39, 0.29) is 22.3 Å². The maximum absolute atomic E-state index is 14.0. The third kappa shape index (κ3) is 1.86. The zero-order valence-electron chi connectivity index (χ0n) is 10.2. The van der Waals surface area contributed by atoms with E-state index in [1.165, 1.54) is 18.6 Å². The van der Waals surface area contributed by atoms with E-state index < -0.39 is 0 Å². The van der Waals surface area contributed by atoms with Crippen LogP contribution in [0.5, 0.6) is 0 Å². The van der Waals surface area contributed by atoms with E-state index >= 15 is 0 Å². The van der Waals surface area contributed by atoms with Crippen molar-refractivity contribution in [1.82, 2.24) is 0 Å². The lowest BCUT2D eigenvalue weighted by atomic mass is 9.75. The molecule has 2 N–H and O–H groups in total. The molecule has 2 aliphatic rings. The third-order valence-corrected chi connectivity index (χ3v) is 5.49. The smallest absolute Gasteiger partial charge is 0.129 e. The predicted octanol–water partition coefficient (Wildman–Crippen LogP) is 4.57. The minimum absolute atomic E-state index is 0.0528. The first-order valence-corrected chi connectivity index (χ1v) is 7.07. The van der Waals surface area contributed by atoms with E-state index in [9.17, 15) is 4.39 Å². The molecular formula is C14H16Cl2FN. The zero-order valence-corrected chi connectivity index (χ0v) is 11.7. The van der Waals surface area contributed by atoms with Gasteiger partial charge in [0.05, 0.1) is 10.0 Å². The Morgan fingerprint density at radius 2 is 1.94 bits per heavy atom. The molecule has 0 amide bonds. The van der Waals surface area contributed by atoms with Crippen LogP contribution < -0.4 is 5.73 Å². The maximum atomic E-state index is 14.0. The molecule has 0 spiro atoms. The van der Waals surface area contributed by atoms with E-state index in [4.69, 9.17) is 28.9 Å². The molecule has 2 fully saturated rings. The van der Waals surface area contributed by atoms with Crippen LogP contribution in [-0.4, -0.2) is 0 Å². The van der Waals surface area contributed by atoms with Crippen LogP contribution in [0.2, 0.25) is 10.0 Å². The maximum Gasteiger partial charge on any atom is 0.129 e. The third-order valence-electron chi connectivity index (χ3n) is 4.67. The largest absolute Gasteiger partial charge is 0.323 e. The second-order valence-electron chi connectivity index (χ2n) is 6.05. The van der Waals surface area contributed by atoms with Gasteiger partial charge in [0.25, 0.3) is 0 Å². The predicted molar refractivity (Wildman–Crippen MR) is 72.3 cm³/mol. The van der Waals surface area contributed by atoms with Gasteiger partial charge in [0.15, 0.2) is 0 Å². The molecule has 3 unspecified atom stereocenters. The fourth-order valence-electron chi connectivity index (χ4n) is 3.52. The molecule has 0 radical (unpaired) electrons. The first-order valence-electron chi connectivity index (χ1n) is 6.31. The van der Waals surface area contributed by atoms with Crippen molar-refractivity contribution in [3.05, 3.63) is 33.6 Å². The van der Waals surface area contributed by atoms with E-state index in [0.717, 1.165) is 24.7 Å². The fourth-order valence-corrected chi connectivity index (χ4v) is 3.96. The number of benzene rings is 1. The summed E-state index contributed by atoms with van der Waals surface area (Å²) in [5.41, 5.74) is 6.63. The first kappa shape index (κ1) is 12.7. The van der Waals surface area contributed by atoms with E-state index in [1.807, 2.05) is 0 Å². The van der Waals surface area contributed by atoms with Crippen LogP contribution in [0.15, 0.2) is 12.1 Å². The molecule has 2 saturated carbocycles. The van der Waals surface area contributed by atoms with Gasteiger partial charge in [-0.3, -0.25) is 0 Å². The number of nitrogens with two attached hydrogens (primary N) is 1. The Kier molecular flexibility index (Phi) is 2.89. The molecule has 1 nitrogen and oxygen atoms in total. The van der Waals surface area contributed by atoms with E-state index in [1.54, 1.807) is 0 Å². The highest BCUT2D eigenvalue weighted by Crippen LogP contribution is 2.63. The molecule has 4 heteroatoms. The molecule has 0 aromatic heterocycles. The number of hydrogen-bond donors (Lipinski definition) is 1. The normalized spacial score (nSPS) is 35.4. The van der Waals surface area contributed by atoms with Gasteiger partial charge in [-0.15, -0.1) is 0 Å². The summed E-state index contributed by atoms with van der Waals surface area (Å²) in [6.45, 7) is 2.14. The van der Waals surface area contributed by atoms with Gasteiger partial charge in [-0.1, -0.05) is 30.1 Å². The quantitative estimate of drug-likeness (QED) is 0.793. The molecule has 1 aromatic rings. The van der Waals surface area contributed by atoms with Crippen molar-refractivity contribution in [2.45, 2.75) is 32.2 Å². The van der Waals surface area contributed by atoms with Crippen LogP contribution in [0.3, 0.4) is 0 Å². The average molecular weight is 288 g/mol. The number of rotatable bonds is 2. The summed E-state index contributed by atoms with van der Waals surface area (Å²) < 4.78 is 14.0. The second-order valence-corrected chi connectivity index (χ2v) is 6.84. The SMILES string of the molecule is CC1(C(N)c2c(F)ccc(Cl)c2Cl)CC2CC2C1. The van der Waals surface area contributed by atoms with Crippen LogP contribution in [0.4, 0.5) is 4.39 Å². The van der Waals surface area contributed by atoms with Crippen molar-refractivity contribution < 1.29 is 4.39 Å². The minimum atomic E-state index is -0.378. The molecule has 3 atom stereocenters. The molecule has 18 heavy (non-hydrogen) atoms. The number of halogens is 3. The number of hydrogen-bond acceptors (Lipinski definition) is 1. The van der Waals surface area contributed by atoms with Gasteiger partial charge in [0.2, 0.25) is 0 Å². The molecule has 3 rings (SSSR count). The Labute approximate surface area is 116 Å². The lowest BCUT2D eigenvalue weighted by molar-refractivity contribution is 0.232. The molecule has 98 valence electrons. The standard InChI is InChI=1S/C14H16Cl2FN/c1-14(5-7-4-8(7)6-14)13(18)11-10(17)3-2-9(15)12(11)16/h2-3,7-8,13H,4-6,18H2,1H3. The average Bonchev–Trinajstić information content (AvgIpc) is 2.93. The summed E-state index contributed by atoms with van der Waals surface area (Å²) in [4.78, 5) is 0. The summed E-state index contributed by atoms with van der Waals surface area (Å²) in [7, 11) is 0. The van der Waals surface area contributed by atoms with Crippen LogP contribution >= 0.6 is 23.2 Å². The molecular weight excluding hydrogens is 272 g/mol. The Morgan fingerprint density at radius 3 is 2.56 bits per heavy atom. The highest BCUT2D eigenvalue weighted by Gasteiger charge is 2.54. The second kappa shape index (κ2) is 4.09. The summed E-state index contributed by atoms with van der Waals surface area (Å²) in [5.74, 6) is 1.24. The minimum Gasteiger partial charge on any atom is -0.323 e. The van der Waals surface area contributed by atoms with Crippen molar-refractivity contribution in [2.75, 3.05) is 0 Å². The van der Waals surface area contributed by atoms with Gasteiger partial charge < -0.3 is 5.73 Å². The molecule has 0 aliphatic heterocycles. The van der Waals surface area contributed by atoms with Gasteiger partial charge in [0, 0.05) is 11.6 Å². The van der Waals surface area contributed by atoms with E-state index in [0.29, 0.717) is 10.6 Å². The number of fused-ring (bicyclic) bond motifs is 1. The lowest BCUT2D eigenvalue weighted by Gasteiger charge is -2.34. The van der Waals surface area contributed by atoms with Gasteiger partial charge in [-0.25, -0.2) is 4.39 Å². The summed E-state index contributed by atoms with van der Waals surface area (Å²) in [5, 5.41) is 0.640. The zero-order chi connectivity index (χ0) is 13.1. The Hall–Kier alpha value is -0.310. The Morgan fingerprint density at radius 1 is 1.33 bits per heavy atom. The monoisotopic (exact) mass is 287 g/mol. The fraction of sp³-hybridized carbons (Fsp3) is 0.571. The van der Waals surface area contributed by atoms with Crippen LogP contribution in [-0.2, 0) is 0 Å². The molecule has 0 heterocycles. The summed E-state index contributed by atoms with van der Waals surface area (Å²) in [6, 6.07) is 2.45. The highest BCUT2D eigenvalue weighted by atomic mass is 35.5. The van der Waals surface area contributed by atoms with Crippen molar-refractivity contribution in [3.8, 4) is 0 Å². The van der Waals surface area contributed by atoms with Crippen molar-refractivity contribution >= 4 is 23.2 Å². The highest BCUT2D eigenvalue weighted by molar-refractivity contribution is 6.42. The van der Waals surface area contributed by atoms with Crippen LogP contribution in [0.1, 0.15) is 37.8 Å². The molecule has 2 aliphatic carbocycles. The van der Waals surface area contributed by atoms with Crippen LogP contribution in [0, 0.1) is 23.1 Å². The Balaban J connectivity index is 1.97. The lowest BCUT2D eigenvalue weighted by Crippen LogP contribution is -2.31. The summed E-state index contributed by atoms with van der Waals surface area (Å²) in [6.07, 6.45) is 3.45. The van der Waals surface area contributed by atoms with Gasteiger partial charge in [-0.2, -0.15) is 0 Å². The topological polar surface area (TPSA) is 26.0 Å². The molecule has 0 saturated heterocycles. The van der Waals surface area contributed by atoms with Gasteiger partial charge in [-0.05, 0) is 48.6 Å². The van der Waals surface area contributed by atoms with E-state index in [2.05, 4.69) is 6.92 Å². The van der Waals surface area contributed by atoms with Gasteiger partial charge >= 0.3 is 0 Å². The summed E-state index contributed by atoms with van der Waals surface area (Å²) >= 11 is 12.1.